The molecule has 0 bridgehead atoms. The summed E-state index contributed by atoms with van der Waals surface area (Å²) < 4.78 is 0. The molecule has 6 heteroatoms. The zero-order valence-corrected chi connectivity index (χ0v) is 15.3. The maximum absolute atomic E-state index is 12.6. The van der Waals surface area contributed by atoms with Gasteiger partial charge in [0.25, 0.3) is 5.91 Å². The Morgan fingerprint density at radius 3 is 2.36 bits per heavy atom. The van der Waals surface area contributed by atoms with Crippen LogP contribution in [0.4, 0.5) is 17.1 Å². The van der Waals surface area contributed by atoms with Crippen LogP contribution in [0.2, 0.25) is 0 Å². The Bertz CT molecular complexity index is 928. The predicted molar refractivity (Wildman–Crippen MR) is 112 cm³/mol. The molecule has 0 radical (unpaired) electrons. The first-order valence-corrected chi connectivity index (χ1v) is 8.96. The molecular weight excluding hydrogens is 354 g/mol. The lowest BCUT2D eigenvalue weighted by Crippen LogP contribution is -2.22. The number of hydrogen-bond donors (Lipinski definition) is 5. The highest BCUT2D eigenvalue weighted by Crippen LogP contribution is 2.27. The Labute approximate surface area is 163 Å². The van der Waals surface area contributed by atoms with Crippen molar-refractivity contribution in [1.29, 1.82) is 0 Å². The maximum Gasteiger partial charge on any atom is 0.255 e. The largest absolute Gasteiger partial charge is 0.397 e. The molecule has 0 aliphatic carbocycles. The van der Waals surface area contributed by atoms with Crippen molar-refractivity contribution in [3.05, 3.63) is 78.4 Å². The van der Waals surface area contributed by atoms with Crippen molar-refractivity contribution in [1.82, 2.24) is 0 Å². The SMILES string of the molecule is Nc1ccc(-c2ccccc2)cc1NC(=O)c1ccc(NCC(O)CO)cc1. The number of nitrogens with one attached hydrogen (secondary N) is 2. The summed E-state index contributed by atoms with van der Waals surface area (Å²) in [6, 6.07) is 22.2. The molecule has 1 amide bonds. The van der Waals surface area contributed by atoms with Gasteiger partial charge in [0.2, 0.25) is 0 Å². The van der Waals surface area contributed by atoms with E-state index in [9.17, 15) is 9.90 Å². The Morgan fingerprint density at radius 2 is 1.68 bits per heavy atom. The van der Waals surface area contributed by atoms with Gasteiger partial charge in [0, 0.05) is 17.8 Å². The highest BCUT2D eigenvalue weighted by Gasteiger charge is 2.10. The number of rotatable bonds is 7. The fourth-order valence-corrected chi connectivity index (χ4v) is 2.71. The number of carbonyl (C=O) groups is 1. The number of hydrogen-bond acceptors (Lipinski definition) is 5. The van der Waals surface area contributed by atoms with Gasteiger partial charge in [-0.05, 0) is 47.5 Å². The fraction of sp³-hybridized carbons (Fsp3) is 0.136. The normalized spacial score (nSPS) is 11.6. The molecule has 0 aliphatic heterocycles. The minimum Gasteiger partial charge on any atom is -0.397 e. The van der Waals surface area contributed by atoms with Crippen LogP contribution >= 0.6 is 0 Å². The van der Waals surface area contributed by atoms with Crippen LogP contribution in [0.1, 0.15) is 10.4 Å². The average molecular weight is 377 g/mol. The number of benzene rings is 3. The van der Waals surface area contributed by atoms with E-state index < -0.39 is 6.10 Å². The molecule has 0 aliphatic rings. The molecule has 6 N–H and O–H groups in total. The summed E-state index contributed by atoms with van der Waals surface area (Å²) in [7, 11) is 0. The molecule has 3 aromatic rings. The minimum absolute atomic E-state index is 0.227. The quantitative estimate of drug-likeness (QED) is 0.407. The first-order valence-electron chi connectivity index (χ1n) is 8.96. The second-order valence-electron chi connectivity index (χ2n) is 6.42. The average Bonchev–Trinajstić information content (AvgIpc) is 2.74. The summed E-state index contributed by atoms with van der Waals surface area (Å²) >= 11 is 0. The van der Waals surface area contributed by atoms with Crippen LogP contribution in [0.25, 0.3) is 11.1 Å². The third kappa shape index (κ3) is 4.88. The van der Waals surface area contributed by atoms with E-state index in [2.05, 4.69) is 10.6 Å². The molecule has 0 fully saturated rings. The summed E-state index contributed by atoms with van der Waals surface area (Å²) in [4.78, 5) is 12.6. The number of aliphatic hydroxyl groups excluding tert-OH is 2. The lowest BCUT2D eigenvalue weighted by atomic mass is 10.0. The zero-order valence-electron chi connectivity index (χ0n) is 15.3. The lowest BCUT2D eigenvalue weighted by molar-refractivity contribution is 0.102. The van der Waals surface area contributed by atoms with Crippen molar-refractivity contribution in [2.24, 2.45) is 0 Å². The third-order valence-electron chi connectivity index (χ3n) is 4.31. The molecule has 0 aromatic heterocycles. The van der Waals surface area contributed by atoms with Gasteiger partial charge in [-0.25, -0.2) is 0 Å². The summed E-state index contributed by atoms with van der Waals surface area (Å²) in [6.45, 7) is -0.0815. The van der Waals surface area contributed by atoms with Gasteiger partial charge in [-0.2, -0.15) is 0 Å². The molecule has 144 valence electrons. The van der Waals surface area contributed by atoms with Crippen molar-refractivity contribution in [3.63, 3.8) is 0 Å². The highest BCUT2D eigenvalue weighted by molar-refractivity contribution is 6.06. The van der Waals surface area contributed by atoms with E-state index >= 15 is 0 Å². The van der Waals surface area contributed by atoms with Gasteiger partial charge >= 0.3 is 0 Å². The van der Waals surface area contributed by atoms with Crippen LogP contribution in [0.5, 0.6) is 0 Å². The summed E-state index contributed by atoms with van der Waals surface area (Å²) in [5.41, 5.74) is 10.3. The van der Waals surface area contributed by atoms with E-state index in [1.165, 1.54) is 0 Å². The standard InChI is InChI=1S/C22H23N3O3/c23-20-11-8-17(15-4-2-1-3-5-15)12-21(20)25-22(28)16-6-9-18(10-7-16)24-13-19(27)14-26/h1-12,19,24,26-27H,13-14,23H2,(H,25,28). The van der Waals surface area contributed by atoms with Crippen molar-refractivity contribution in [3.8, 4) is 11.1 Å². The summed E-state index contributed by atoms with van der Waals surface area (Å²) in [5, 5.41) is 24.0. The second kappa shape index (κ2) is 9.03. The second-order valence-corrected chi connectivity index (χ2v) is 6.42. The summed E-state index contributed by atoms with van der Waals surface area (Å²) in [5.74, 6) is -0.265. The number of amides is 1. The minimum atomic E-state index is -0.831. The molecule has 28 heavy (non-hydrogen) atoms. The van der Waals surface area contributed by atoms with Crippen LogP contribution in [-0.4, -0.2) is 35.4 Å². The van der Waals surface area contributed by atoms with Gasteiger partial charge in [-0.3, -0.25) is 4.79 Å². The van der Waals surface area contributed by atoms with Crippen molar-refractivity contribution < 1.29 is 15.0 Å². The van der Waals surface area contributed by atoms with E-state index in [0.29, 0.717) is 16.9 Å². The van der Waals surface area contributed by atoms with Gasteiger partial charge in [0.1, 0.15) is 0 Å². The molecule has 0 heterocycles. The number of aliphatic hydroxyl groups is 2. The molecule has 1 unspecified atom stereocenters. The van der Waals surface area contributed by atoms with E-state index in [1.54, 1.807) is 30.3 Å². The van der Waals surface area contributed by atoms with Gasteiger partial charge in [-0.1, -0.05) is 36.4 Å². The Morgan fingerprint density at radius 1 is 0.964 bits per heavy atom. The highest BCUT2D eigenvalue weighted by atomic mass is 16.3. The molecule has 0 saturated carbocycles. The molecule has 1 atom stereocenters. The Balaban J connectivity index is 1.70. The van der Waals surface area contributed by atoms with Crippen molar-refractivity contribution in [2.45, 2.75) is 6.10 Å². The van der Waals surface area contributed by atoms with Crippen LogP contribution < -0.4 is 16.4 Å². The van der Waals surface area contributed by atoms with Gasteiger partial charge in [-0.15, -0.1) is 0 Å². The topological polar surface area (TPSA) is 108 Å². The molecule has 0 spiro atoms. The van der Waals surface area contributed by atoms with E-state index in [4.69, 9.17) is 10.8 Å². The van der Waals surface area contributed by atoms with E-state index in [1.807, 2.05) is 42.5 Å². The van der Waals surface area contributed by atoms with Crippen LogP contribution in [0, 0.1) is 0 Å². The first-order chi connectivity index (χ1) is 13.6. The molecule has 3 aromatic carbocycles. The fourth-order valence-electron chi connectivity index (χ4n) is 2.71. The molecule has 0 saturated heterocycles. The smallest absolute Gasteiger partial charge is 0.255 e. The predicted octanol–water partition coefficient (Wildman–Crippen LogP) is 2.95. The van der Waals surface area contributed by atoms with Crippen LogP contribution in [0.15, 0.2) is 72.8 Å². The van der Waals surface area contributed by atoms with Crippen molar-refractivity contribution >= 4 is 23.0 Å². The van der Waals surface area contributed by atoms with Gasteiger partial charge in [0.15, 0.2) is 0 Å². The van der Waals surface area contributed by atoms with Gasteiger partial charge in [0.05, 0.1) is 24.1 Å². The Kier molecular flexibility index (Phi) is 6.26. The number of nitrogen functional groups attached to an aromatic ring is 1. The van der Waals surface area contributed by atoms with Crippen LogP contribution in [0.3, 0.4) is 0 Å². The van der Waals surface area contributed by atoms with Crippen molar-refractivity contribution in [2.75, 3.05) is 29.5 Å². The molecular formula is C22H23N3O3. The van der Waals surface area contributed by atoms with Crippen LogP contribution in [-0.2, 0) is 0 Å². The lowest BCUT2D eigenvalue weighted by Gasteiger charge is -2.12. The number of anilines is 3. The number of nitrogens with two attached hydrogens (primary N) is 1. The summed E-state index contributed by atoms with van der Waals surface area (Å²) in [6.07, 6.45) is -0.831. The van der Waals surface area contributed by atoms with E-state index in [-0.39, 0.29) is 19.1 Å². The third-order valence-corrected chi connectivity index (χ3v) is 4.31. The monoisotopic (exact) mass is 377 g/mol. The van der Waals surface area contributed by atoms with E-state index in [0.717, 1.165) is 16.8 Å². The first kappa shape index (κ1) is 19.4. The molecule has 3 rings (SSSR count). The maximum atomic E-state index is 12.6. The Hall–Kier alpha value is -3.35. The van der Waals surface area contributed by atoms with Gasteiger partial charge < -0.3 is 26.6 Å². The molecule has 6 nitrogen and oxygen atoms in total. The zero-order chi connectivity index (χ0) is 19.9. The number of carbonyl (C=O) groups excluding carboxylic acids is 1.